The first-order valence-corrected chi connectivity index (χ1v) is 15.3. The highest BCUT2D eigenvalue weighted by Crippen LogP contribution is 2.46. The molecule has 1 amide bonds. The summed E-state index contributed by atoms with van der Waals surface area (Å²) < 4.78 is 37.5. The van der Waals surface area contributed by atoms with Crippen molar-refractivity contribution in [3.05, 3.63) is 53.6 Å². The second-order valence-corrected chi connectivity index (χ2v) is 14.1. The number of nitrogens with zero attached hydrogens (tertiary/aromatic N) is 3. The third kappa shape index (κ3) is 6.27. The molecule has 0 atom stereocenters. The lowest BCUT2D eigenvalue weighted by molar-refractivity contribution is -0.138. The molecule has 0 unspecified atom stereocenters. The molecule has 0 radical (unpaired) electrons. The summed E-state index contributed by atoms with van der Waals surface area (Å²) in [6.45, 7) is 14.0. The molecular weight excluding hydrogens is 530 g/mol. The van der Waals surface area contributed by atoms with E-state index in [0.717, 1.165) is 33.2 Å². The molecule has 40 heavy (non-hydrogen) atoms. The first kappa shape index (κ1) is 29.5. The summed E-state index contributed by atoms with van der Waals surface area (Å²) in [5, 5.41) is 1.45. The molecule has 1 fully saturated rings. The number of anilines is 1. The summed E-state index contributed by atoms with van der Waals surface area (Å²) in [6, 6.07) is 14.1. The van der Waals surface area contributed by atoms with Crippen LogP contribution in [0.3, 0.4) is 0 Å². The van der Waals surface area contributed by atoms with Crippen molar-refractivity contribution in [3.63, 3.8) is 0 Å². The van der Waals surface area contributed by atoms with Crippen LogP contribution in [0.25, 0.3) is 16.4 Å². The van der Waals surface area contributed by atoms with Gasteiger partial charge in [-0.1, -0.05) is 30.3 Å². The number of piperazine rings is 1. The summed E-state index contributed by atoms with van der Waals surface area (Å²) in [4.78, 5) is 26.0. The third-order valence-corrected chi connectivity index (χ3v) is 7.74. The average Bonchev–Trinajstić information content (AvgIpc) is 3.37. The van der Waals surface area contributed by atoms with Crippen LogP contribution in [0.2, 0.25) is 0 Å². The smallest absolute Gasteiger partial charge is 0.410 e. The molecule has 5 heterocycles. The van der Waals surface area contributed by atoms with Gasteiger partial charge in [-0.2, -0.15) is 0 Å². The highest BCUT2D eigenvalue weighted by atomic mass is 32.2. The fourth-order valence-corrected chi connectivity index (χ4v) is 6.15. The molecule has 0 spiro atoms. The van der Waals surface area contributed by atoms with Gasteiger partial charge in [0.25, 0.3) is 6.47 Å². The van der Waals surface area contributed by atoms with Crippen LogP contribution >= 0.6 is 0 Å². The van der Waals surface area contributed by atoms with Crippen LogP contribution in [-0.2, 0) is 30.5 Å². The Balaban J connectivity index is 0.000000470. The first-order chi connectivity index (χ1) is 18.6. The molecule has 1 aliphatic heterocycles. The first-order valence-electron chi connectivity index (χ1n) is 13.4. The number of pyridine rings is 1. The maximum absolute atomic E-state index is 12.8. The SMILES string of the molecule is CC(C)(C)OC(=O)N1CCN(c2ccc3c4c(Cc5ccccc5)c(S(C)(=O)=O)n3c24)CC1.CC(C)(C)OC=O. The number of sulfone groups is 1. The van der Waals surface area contributed by atoms with E-state index in [2.05, 4.69) is 15.7 Å². The minimum atomic E-state index is -3.41. The lowest BCUT2D eigenvalue weighted by Gasteiger charge is -2.37. The molecule has 9 nitrogen and oxygen atoms in total. The van der Waals surface area contributed by atoms with Crippen molar-refractivity contribution in [1.82, 2.24) is 9.30 Å². The molecular formula is C30H39N3O6S. The summed E-state index contributed by atoms with van der Waals surface area (Å²) in [6.07, 6.45) is 1.58. The number of ether oxygens (including phenoxy) is 2. The molecule has 6 aromatic rings. The van der Waals surface area contributed by atoms with Crippen molar-refractivity contribution in [1.29, 1.82) is 0 Å². The number of hydrogen-bond donors (Lipinski definition) is 0. The largest absolute Gasteiger partial charge is 0.462 e. The van der Waals surface area contributed by atoms with E-state index in [1.165, 1.54) is 6.26 Å². The number of amides is 1. The lowest BCUT2D eigenvalue weighted by atomic mass is 10.0. The quantitative estimate of drug-likeness (QED) is 0.313. The topological polar surface area (TPSA) is 97.6 Å². The zero-order chi connectivity index (χ0) is 29.5. The number of hydrogen-bond acceptors (Lipinski definition) is 7. The molecule has 10 heteroatoms. The van der Waals surface area contributed by atoms with Crippen molar-refractivity contribution in [3.8, 4) is 0 Å². The molecule has 1 aliphatic rings. The molecule has 1 saturated heterocycles. The van der Waals surface area contributed by atoms with Crippen LogP contribution in [0, 0.1) is 0 Å². The van der Waals surface area contributed by atoms with Gasteiger partial charge < -0.3 is 19.3 Å². The average molecular weight is 570 g/mol. The number of rotatable bonds is 5. The normalized spacial score (nSPS) is 14.9. The number of fused-ring (bicyclic) bond motifs is 3. The van der Waals surface area contributed by atoms with Gasteiger partial charge in [0.1, 0.15) is 16.2 Å². The summed E-state index contributed by atoms with van der Waals surface area (Å²) in [5.74, 6) is 0. The van der Waals surface area contributed by atoms with Gasteiger partial charge in [-0.05, 0) is 59.2 Å². The summed E-state index contributed by atoms with van der Waals surface area (Å²) in [5.41, 5.74) is 4.09. The van der Waals surface area contributed by atoms with Gasteiger partial charge in [0.05, 0.1) is 16.7 Å². The molecule has 7 rings (SSSR count). The zero-order valence-electron chi connectivity index (χ0n) is 24.4. The molecule has 0 aliphatic carbocycles. The molecule has 216 valence electrons. The predicted octanol–water partition coefficient (Wildman–Crippen LogP) is 4.98. The van der Waals surface area contributed by atoms with E-state index in [4.69, 9.17) is 4.74 Å². The second kappa shape index (κ2) is 10.8. The van der Waals surface area contributed by atoms with Gasteiger partial charge in [0.15, 0.2) is 9.84 Å². The van der Waals surface area contributed by atoms with E-state index in [1.807, 2.05) is 82.3 Å². The molecule has 0 N–H and O–H groups in total. The van der Waals surface area contributed by atoms with Crippen LogP contribution in [0.15, 0.2) is 47.5 Å². The molecule has 0 saturated carbocycles. The van der Waals surface area contributed by atoms with Crippen LogP contribution in [0.1, 0.15) is 52.7 Å². The van der Waals surface area contributed by atoms with E-state index >= 15 is 0 Å². The monoisotopic (exact) mass is 569 g/mol. The van der Waals surface area contributed by atoms with E-state index < -0.39 is 15.4 Å². The van der Waals surface area contributed by atoms with Crippen molar-refractivity contribution < 1.29 is 27.5 Å². The van der Waals surface area contributed by atoms with Crippen LogP contribution < -0.4 is 4.90 Å². The van der Waals surface area contributed by atoms with Crippen LogP contribution in [0.4, 0.5) is 10.5 Å². The number of carbonyl (C=O) groups is 2. The van der Waals surface area contributed by atoms with E-state index in [0.29, 0.717) is 44.1 Å². The van der Waals surface area contributed by atoms with Crippen molar-refractivity contribution in [2.24, 2.45) is 0 Å². The predicted molar refractivity (Wildman–Crippen MR) is 157 cm³/mol. The summed E-state index contributed by atoms with van der Waals surface area (Å²) in [7, 11) is -3.41. The highest BCUT2D eigenvalue weighted by Gasteiger charge is 2.34. The van der Waals surface area contributed by atoms with Gasteiger partial charge in [0, 0.05) is 49.8 Å². The number of carbonyl (C=O) groups excluding carboxylic acids is 2. The molecule has 4 aromatic heterocycles. The van der Waals surface area contributed by atoms with E-state index in [1.54, 1.807) is 4.90 Å². The minimum absolute atomic E-state index is 0.289. The Morgan fingerprint density at radius 3 is 2.05 bits per heavy atom. The Morgan fingerprint density at radius 1 is 0.925 bits per heavy atom. The van der Waals surface area contributed by atoms with Crippen LogP contribution in [0.5, 0.6) is 0 Å². The van der Waals surface area contributed by atoms with Gasteiger partial charge in [0.2, 0.25) is 0 Å². The fraction of sp³-hybridized carbons (Fsp3) is 0.467. The minimum Gasteiger partial charge on any atom is -0.462 e. The van der Waals surface area contributed by atoms with Gasteiger partial charge in [-0.25, -0.2) is 13.2 Å². The number of aromatic nitrogens is 1. The Bertz CT molecular complexity index is 1560. The van der Waals surface area contributed by atoms with Crippen molar-refractivity contribution in [2.75, 3.05) is 37.3 Å². The highest BCUT2D eigenvalue weighted by molar-refractivity contribution is 7.90. The lowest BCUT2D eigenvalue weighted by Crippen LogP contribution is -2.50. The van der Waals surface area contributed by atoms with Crippen LogP contribution in [-0.4, -0.2) is 73.9 Å². The van der Waals surface area contributed by atoms with Gasteiger partial charge >= 0.3 is 6.09 Å². The Kier molecular flexibility index (Phi) is 7.95. The third-order valence-electron chi connectivity index (χ3n) is 6.61. The maximum Gasteiger partial charge on any atom is 0.410 e. The fourth-order valence-electron chi connectivity index (χ4n) is 5.01. The summed E-state index contributed by atoms with van der Waals surface area (Å²) >= 11 is 0. The molecule has 2 aromatic carbocycles. The Morgan fingerprint density at radius 2 is 1.55 bits per heavy atom. The van der Waals surface area contributed by atoms with E-state index in [-0.39, 0.29) is 11.7 Å². The number of benzene rings is 2. The second-order valence-electron chi connectivity index (χ2n) is 12.2. The van der Waals surface area contributed by atoms with Gasteiger partial charge in [-0.3, -0.25) is 9.20 Å². The van der Waals surface area contributed by atoms with E-state index in [9.17, 15) is 18.0 Å². The van der Waals surface area contributed by atoms with Crippen molar-refractivity contribution in [2.45, 2.75) is 64.2 Å². The Labute approximate surface area is 236 Å². The van der Waals surface area contributed by atoms with Crippen molar-refractivity contribution >= 4 is 44.5 Å². The maximum atomic E-state index is 12.8. The van der Waals surface area contributed by atoms with Gasteiger partial charge in [-0.15, -0.1) is 0 Å². The zero-order valence-corrected chi connectivity index (χ0v) is 25.2. The molecule has 4 bridgehead atoms. The standard InChI is InChI=1S/C25H29N3O4S.C5H10O2/c1-25(2,3)32-24(29)27-14-12-26(13-15-27)20-11-10-19-21-18(16-17-8-6-5-7-9-17)23(33(4,30)31)28(19)22(20)21;1-5(2,3)7-4-6/h5-11H,12-16H2,1-4H3;4H,1-3H3. The Hall–Kier alpha value is -3.53.